The number of methoxy groups -OCH3 is 2. The molecule has 1 aliphatic heterocycles. The van der Waals surface area contributed by atoms with Crippen molar-refractivity contribution in [3.63, 3.8) is 0 Å². The minimum absolute atomic E-state index is 0. The molecule has 0 amide bonds. The summed E-state index contributed by atoms with van der Waals surface area (Å²) < 4.78 is 16.2. The van der Waals surface area contributed by atoms with Crippen LogP contribution < -0.4 is 14.4 Å². The van der Waals surface area contributed by atoms with Crippen LogP contribution >= 0.6 is 23.7 Å². The van der Waals surface area contributed by atoms with Crippen molar-refractivity contribution in [2.24, 2.45) is 0 Å². The summed E-state index contributed by atoms with van der Waals surface area (Å²) in [6, 6.07) is 11.9. The lowest BCUT2D eigenvalue weighted by Gasteiger charge is -2.32. The molecule has 1 saturated heterocycles. The van der Waals surface area contributed by atoms with Gasteiger partial charge < -0.3 is 19.1 Å². The van der Waals surface area contributed by atoms with E-state index < -0.39 is 0 Å². The number of piperidine rings is 1. The van der Waals surface area contributed by atoms with E-state index in [9.17, 15) is 10.1 Å². The molecule has 1 aromatic heterocycles. The van der Waals surface area contributed by atoms with E-state index in [0.29, 0.717) is 23.6 Å². The van der Waals surface area contributed by atoms with Gasteiger partial charge in [-0.3, -0.25) is 9.69 Å². The summed E-state index contributed by atoms with van der Waals surface area (Å²) in [5, 5.41) is 10.9. The molecular weight excluding hydrogens is 462 g/mol. The number of halogens is 1. The van der Waals surface area contributed by atoms with Crippen molar-refractivity contribution in [3.05, 3.63) is 40.8 Å². The number of esters is 1. The number of carbonyl (C=O) groups excluding carboxylic acids is 1. The van der Waals surface area contributed by atoms with Gasteiger partial charge in [0.05, 0.1) is 37.4 Å². The molecule has 0 atom stereocenters. The third-order valence-electron chi connectivity index (χ3n) is 5.21. The highest BCUT2D eigenvalue weighted by Crippen LogP contribution is 2.34. The van der Waals surface area contributed by atoms with E-state index in [4.69, 9.17) is 14.2 Å². The Morgan fingerprint density at radius 2 is 1.88 bits per heavy atom. The van der Waals surface area contributed by atoms with Crippen LogP contribution in [0, 0.1) is 11.3 Å². The number of benzene rings is 1. The third kappa shape index (κ3) is 7.13. The molecule has 0 saturated carbocycles. The number of ether oxygens (including phenoxy) is 3. The fraction of sp³-hybridized carbons (Fsp3) is 0.417. The number of carbonyl (C=O) groups is 1. The average Bonchev–Trinajstić information content (AvgIpc) is 3.25. The number of nitrogens with zero attached hydrogens (tertiary/aromatic N) is 3. The Morgan fingerprint density at radius 1 is 1.18 bits per heavy atom. The number of rotatable bonds is 8. The van der Waals surface area contributed by atoms with Crippen LogP contribution in [0.1, 0.15) is 23.3 Å². The lowest BCUT2D eigenvalue weighted by atomic mass is 10.1. The van der Waals surface area contributed by atoms with Crippen LogP contribution in [-0.4, -0.2) is 64.9 Å². The van der Waals surface area contributed by atoms with Gasteiger partial charge in [0.15, 0.2) is 11.5 Å². The number of likely N-dealkylation sites (N-methyl/N-ethyl adjacent to an activating group) is 1. The largest absolute Gasteiger partial charge is 0.493 e. The second-order valence-electron chi connectivity index (χ2n) is 7.83. The van der Waals surface area contributed by atoms with E-state index in [1.165, 1.54) is 0 Å². The van der Waals surface area contributed by atoms with E-state index in [-0.39, 0.29) is 24.5 Å². The molecule has 3 rings (SSSR count). The second kappa shape index (κ2) is 12.5. The molecular formula is C24H30ClN3O4S. The van der Waals surface area contributed by atoms with Gasteiger partial charge in [-0.05, 0) is 56.1 Å². The Balaban J connectivity index is 0.00000385. The molecule has 7 nitrogen and oxygen atoms in total. The minimum atomic E-state index is -0.170. The van der Waals surface area contributed by atoms with Crippen molar-refractivity contribution in [1.82, 2.24) is 4.90 Å². The Kier molecular flexibility index (Phi) is 10.0. The first-order chi connectivity index (χ1) is 15.4. The van der Waals surface area contributed by atoms with Gasteiger partial charge in [-0.2, -0.15) is 5.26 Å². The maximum atomic E-state index is 11.9. The number of allylic oxidation sites excluding steroid dienone is 1. The number of anilines is 1. The van der Waals surface area contributed by atoms with Crippen LogP contribution in [-0.2, 0) is 9.53 Å². The van der Waals surface area contributed by atoms with Gasteiger partial charge in [0.25, 0.3) is 0 Å². The lowest BCUT2D eigenvalue weighted by molar-refractivity contribution is -0.150. The van der Waals surface area contributed by atoms with Crippen LogP contribution in [0.15, 0.2) is 30.3 Å². The molecule has 1 aliphatic rings. The first-order valence-corrected chi connectivity index (χ1v) is 11.3. The molecule has 1 fully saturated rings. The quantitative estimate of drug-likeness (QED) is 0.402. The zero-order valence-corrected chi connectivity index (χ0v) is 21.0. The van der Waals surface area contributed by atoms with Gasteiger partial charge in [0, 0.05) is 30.8 Å². The molecule has 2 heterocycles. The van der Waals surface area contributed by atoms with Crippen molar-refractivity contribution in [1.29, 1.82) is 5.26 Å². The molecule has 0 unspecified atom stereocenters. The zero-order chi connectivity index (χ0) is 23.1. The number of hydrogen-bond acceptors (Lipinski definition) is 8. The number of nitriles is 1. The maximum absolute atomic E-state index is 11.9. The van der Waals surface area contributed by atoms with E-state index in [1.54, 1.807) is 31.6 Å². The summed E-state index contributed by atoms with van der Waals surface area (Å²) in [6.07, 6.45) is 3.51. The molecule has 0 N–H and O–H groups in total. The number of thiophene rings is 1. The Labute approximate surface area is 205 Å². The topological polar surface area (TPSA) is 75.0 Å². The predicted octanol–water partition coefficient (Wildman–Crippen LogP) is 4.32. The zero-order valence-electron chi connectivity index (χ0n) is 19.4. The summed E-state index contributed by atoms with van der Waals surface area (Å²) in [6.45, 7) is 1.98. The third-order valence-corrected chi connectivity index (χ3v) is 6.30. The van der Waals surface area contributed by atoms with Gasteiger partial charge in [-0.25, -0.2) is 0 Å². The lowest BCUT2D eigenvalue weighted by Crippen LogP contribution is -2.38. The first kappa shape index (κ1) is 26.5. The SMILES string of the molecule is COc1ccc(/C(C#N)=C/c2ccc(N3CCC(OC(=O)CN(C)C)CC3)s2)cc1OC.Cl. The van der Waals surface area contributed by atoms with Gasteiger partial charge in [0.1, 0.15) is 6.10 Å². The summed E-state index contributed by atoms with van der Waals surface area (Å²) in [4.78, 5) is 17.0. The van der Waals surface area contributed by atoms with Gasteiger partial charge in [-0.1, -0.05) is 0 Å². The molecule has 9 heteroatoms. The highest BCUT2D eigenvalue weighted by Gasteiger charge is 2.23. The standard InChI is InChI=1S/C24H29N3O4S.ClH/c1-26(2)16-24(28)31-19-9-11-27(12-10-19)23-8-6-20(32-23)13-18(15-25)17-5-7-21(29-3)22(14-17)30-4;/h5-8,13-14,19H,9-12,16H2,1-4H3;1H/b18-13+;. The van der Waals surface area contributed by atoms with Crippen molar-refractivity contribution in [2.75, 3.05) is 52.8 Å². The van der Waals surface area contributed by atoms with Crippen molar-refractivity contribution in [2.45, 2.75) is 18.9 Å². The average molecular weight is 492 g/mol. The van der Waals surface area contributed by atoms with Gasteiger partial charge in [0.2, 0.25) is 0 Å². The van der Waals surface area contributed by atoms with Crippen LogP contribution in [0.25, 0.3) is 11.6 Å². The predicted molar refractivity (Wildman–Crippen MR) is 134 cm³/mol. The summed E-state index contributed by atoms with van der Waals surface area (Å²) in [5.41, 5.74) is 1.34. The molecule has 1 aromatic carbocycles. The van der Waals surface area contributed by atoms with Crippen LogP contribution in [0.2, 0.25) is 0 Å². The van der Waals surface area contributed by atoms with Crippen LogP contribution in [0.4, 0.5) is 5.00 Å². The summed E-state index contributed by atoms with van der Waals surface area (Å²) >= 11 is 1.65. The van der Waals surface area contributed by atoms with Crippen molar-refractivity contribution < 1.29 is 19.0 Å². The van der Waals surface area contributed by atoms with E-state index in [1.807, 2.05) is 43.3 Å². The molecule has 0 aliphatic carbocycles. The Morgan fingerprint density at radius 3 is 2.48 bits per heavy atom. The Hall–Kier alpha value is -2.73. The van der Waals surface area contributed by atoms with E-state index in [2.05, 4.69) is 17.0 Å². The monoisotopic (exact) mass is 491 g/mol. The highest BCUT2D eigenvalue weighted by atomic mass is 35.5. The first-order valence-electron chi connectivity index (χ1n) is 10.5. The van der Waals surface area contributed by atoms with Crippen LogP contribution in [0.5, 0.6) is 11.5 Å². The van der Waals surface area contributed by atoms with Crippen molar-refractivity contribution >= 4 is 46.4 Å². The molecule has 0 spiro atoms. The van der Waals surface area contributed by atoms with E-state index in [0.717, 1.165) is 41.4 Å². The fourth-order valence-electron chi connectivity index (χ4n) is 3.59. The normalized spacial score (nSPS) is 14.4. The molecule has 0 bridgehead atoms. The molecule has 2 aromatic rings. The smallest absolute Gasteiger partial charge is 0.320 e. The van der Waals surface area contributed by atoms with Gasteiger partial charge >= 0.3 is 5.97 Å². The molecule has 0 radical (unpaired) electrons. The van der Waals surface area contributed by atoms with Crippen LogP contribution in [0.3, 0.4) is 0 Å². The fourth-order valence-corrected chi connectivity index (χ4v) is 4.59. The van der Waals surface area contributed by atoms with Crippen molar-refractivity contribution in [3.8, 4) is 17.6 Å². The molecule has 33 heavy (non-hydrogen) atoms. The summed E-state index contributed by atoms with van der Waals surface area (Å²) in [5.74, 6) is 1.05. The van der Waals surface area contributed by atoms with E-state index >= 15 is 0 Å². The molecule has 178 valence electrons. The maximum Gasteiger partial charge on any atom is 0.320 e. The summed E-state index contributed by atoms with van der Waals surface area (Å²) in [7, 11) is 6.88. The van der Waals surface area contributed by atoms with Gasteiger partial charge in [-0.15, -0.1) is 23.7 Å². The minimum Gasteiger partial charge on any atom is -0.493 e. The number of hydrogen-bond donors (Lipinski definition) is 0. The second-order valence-corrected chi connectivity index (χ2v) is 8.92. The highest BCUT2D eigenvalue weighted by molar-refractivity contribution is 7.17. The Bertz CT molecular complexity index is 1010.